The molecule has 0 bridgehead atoms. The van der Waals surface area contributed by atoms with Crippen molar-refractivity contribution in [2.24, 2.45) is 5.73 Å². The maximum atomic E-state index is 11.0. The molecule has 0 aliphatic heterocycles. The Morgan fingerprint density at radius 3 is 2.33 bits per heavy atom. The molecule has 0 fully saturated rings. The average Bonchev–Trinajstić information content (AvgIpc) is 2.06. The first-order valence-corrected chi connectivity index (χ1v) is 4.39. The van der Waals surface area contributed by atoms with Crippen molar-refractivity contribution in [2.45, 2.75) is 11.2 Å². The van der Waals surface area contributed by atoms with Crippen molar-refractivity contribution in [3.8, 4) is 0 Å². The lowest BCUT2D eigenvalue weighted by atomic mass is 10.0. The topological polar surface area (TPSA) is 43.1 Å². The Kier molecular flexibility index (Phi) is 2.52. The van der Waals surface area contributed by atoms with Gasteiger partial charge in [-0.05, 0) is 12.5 Å². The second-order valence-corrected chi connectivity index (χ2v) is 4.32. The Morgan fingerprint density at radius 2 is 1.92 bits per heavy atom. The summed E-state index contributed by atoms with van der Waals surface area (Å²) in [6, 6.07) is 9.36. The fourth-order valence-corrected chi connectivity index (χ4v) is 1.16. The Balaban J connectivity index is 3.06. The standard InChI is InChI=1S/C9H10BrNO/c1-9(10,8(11)12)7-5-3-2-4-6-7/h2-6H,1H3,(H2,11,12). The van der Waals surface area contributed by atoms with E-state index < -0.39 is 4.32 Å². The van der Waals surface area contributed by atoms with Crippen LogP contribution in [0.4, 0.5) is 0 Å². The zero-order chi connectivity index (χ0) is 9.19. The summed E-state index contributed by atoms with van der Waals surface area (Å²) in [5.74, 6) is -0.381. The molecule has 0 aliphatic carbocycles. The normalized spacial score (nSPS) is 15.2. The number of nitrogens with two attached hydrogens (primary N) is 1. The van der Waals surface area contributed by atoms with Gasteiger partial charge in [-0.1, -0.05) is 46.3 Å². The molecular weight excluding hydrogens is 218 g/mol. The van der Waals surface area contributed by atoms with Gasteiger partial charge in [0.2, 0.25) is 5.91 Å². The minimum absolute atomic E-state index is 0.381. The van der Waals surface area contributed by atoms with Crippen molar-refractivity contribution in [1.82, 2.24) is 0 Å². The van der Waals surface area contributed by atoms with Gasteiger partial charge in [-0.15, -0.1) is 0 Å². The van der Waals surface area contributed by atoms with Gasteiger partial charge in [0.15, 0.2) is 0 Å². The van der Waals surface area contributed by atoms with Gasteiger partial charge in [0.25, 0.3) is 0 Å². The zero-order valence-corrected chi connectivity index (χ0v) is 8.34. The molecule has 2 nitrogen and oxygen atoms in total. The van der Waals surface area contributed by atoms with E-state index in [2.05, 4.69) is 15.9 Å². The van der Waals surface area contributed by atoms with Crippen molar-refractivity contribution in [2.75, 3.05) is 0 Å². The second-order valence-electron chi connectivity index (χ2n) is 2.73. The van der Waals surface area contributed by atoms with Gasteiger partial charge in [0.1, 0.15) is 4.32 Å². The zero-order valence-electron chi connectivity index (χ0n) is 6.75. The molecule has 0 aromatic heterocycles. The molecule has 0 radical (unpaired) electrons. The molecule has 1 aromatic rings. The lowest BCUT2D eigenvalue weighted by molar-refractivity contribution is -0.119. The number of alkyl halides is 1. The Hall–Kier alpha value is -0.830. The third kappa shape index (κ3) is 1.67. The first-order chi connectivity index (χ1) is 5.55. The Bertz CT molecular complexity index is 282. The van der Waals surface area contributed by atoms with Gasteiger partial charge in [-0.25, -0.2) is 0 Å². The molecule has 1 unspecified atom stereocenters. The van der Waals surface area contributed by atoms with Crippen molar-refractivity contribution >= 4 is 21.8 Å². The van der Waals surface area contributed by atoms with Gasteiger partial charge < -0.3 is 5.73 Å². The van der Waals surface area contributed by atoms with Gasteiger partial charge in [0, 0.05) is 0 Å². The summed E-state index contributed by atoms with van der Waals surface area (Å²) in [4.78, 5) is 11.0. The highest BCUT2D eigenvalue weighted by atomic mass is 79.9. The molecule has 0 saturated carbocycles. The van der Waals surface area contributed by atoms with Crippen LogP contribution in [0.5, 0.6) is 0 Å². The largest absolute Gasteiger partial charge is 0.368 e. The molecule has 0 spiro atoms. The minimum atomic E-state index is -0.756. The number of hydrogen-bond acceptors (Lipinski definition) is 1. The maximum Gasteiger partial charge on any atom is 0.238 e. The van der Waals surface area contributed by atoms with Crippen molar-refractivity contribution < 1.29 is 4.79 Å². The van der Waals surface area contributed by atoms with E-state index in [9.17, 15) is 4.79 Å². The van der Waals surface area contributed by atoms with Crippen LogP contribution in [0.1, 0.15) is 12.5 Å². The molecule has 0 aliphatic rings. The van der Waals surface area contributed by atoms with Crippen molar-refractivity contribution in [1.29, 1.82) is 0 Å². The SMILES string of the molecule is CC(Br)(C(N)=O)c1ccccc1. The van der Waals surface area contributed by atoms with E-state index >= 15 is 0 Å². The first-order valence-electron chi connectivity index (χ1n) is 3.59. The molecule has 1 rings (SSSR count). The van der Waals surface area contributed by atoms with E-state index in [-0.39, 0.29) is 5.91 Å². The summed E-state index contributed by atoms with van der Waals surface area (Å²) >= 11 is 3.28. The third-order valence-electron chi connectivity index (χ3n) is 1.78. The van der Waals surface area contributed by atoms with Crippen molar-refractivity contribution in [3.05, 3.63) is 35.9 Å². The smallest absolute Gasteiger partial charge is 0.238 e. The highest BCUT2D eigenvalue weighted by Crippen LogP contribution is 2.29. The van der Waals surface area contributed by atoms with E-state index in [4.69, 9.17) is 5.73 Å². The summed E-state index contributed by atoms with van der Waals surface area (Å²) < 4.78 is -0.756. The van der Waals surface area contributed by atoms with Gasteiger partial charge in [-0.3, -0.25) is 4.79 Å². The molecule has 3 heteroatoms. The van der Waals surface area contributed by atoms with Crippen LogP contribution in [0.15, 0.2) is 30.3 Å². The van der Waals surface area contributed by atoms with Crippen LogP contribution < -0.4 is 5.73 Å². The Morgan fingerprint density at radius 1 is 1.42 bits per heavy atom. The van der Waals surface area contributed by atoms with Crippen LogP contribution >= 0.6 is 15.9 Å². The molecule has 1 aromatic carbocycles. The van der Waals surface area contributed by atoms with Crippen LogP contribution in [-0.4, -0.2) is 5.91 Å². The van der Waals surface area contributed by atoms with Gasteiger partial charge in [0.05, 0.1) is 0 Å². The van der Waals surface area contributed by atoms with Gasteiger partial charge >= 0.3 is 0 Å². The monoisotopic (exact) mass is 227 g/mol. The minimum Gasteiger partial charge on any atom is -0.368 e. The van der Waals surface area contributed by atoms with E-state index in [1.54, 1.807) is 6.92 Å². The summed E-state index contributed by atoms with van der Waals surface area (Å²) in [5.41, 5.74) is 6.09. The molecule has 0 saturated heterocycles. The molecule has 64 valence electrons. The fraction of sp³-hybridized carbons (Fsp3) is 0.222. The van der Waals surface area contributed by atoms with E-state index in [0.29, 0.717) is 0 Å². The van der Waals surface area contributed by atoms with E-state index in [1.807, 2.05) is 30.3 Å². The predicted octanol–water partition coefficient (Wildman–Crippen LogP) is 1.78. The number of primary amides is 1. The van der Waals surface area contributed by atoms with Crippen LogP contribution in [0.25, 0.3) is 0 Å². The second kappa shape index (κ2) is 3.27. The lowest BCUT2D eigenvalue weighted by Gasteiger charge is -2.18. The Labute approximate surface area is 79.9 Å². The number of amides is 1. The highest BCUT2D eigenvalue weighted by molar-refractivity contribution is 9.10. The van der Waals surface area contributed by atoms with Crippen LogP contribution in [0.3, 0.4) is 0 Å². The molecular formula is C9H10BrNO. The van der Waals surface area contributed by atoms with E-state index in [1.165, 1.54) is 0 Å². The first kappa shape index (κ1) is 9.26. The lowest BCUT2D eigenvalue weighted by Crippen LogP contribution is -2.32. The van der Waals surface area contributed by atoms with Crippen molar-refractivity contribution in [3.63, 3.8) is 0 Å². The molecule has 1 atom stereocenters. The van der Waals surface area contributed by atoms with Gasteiger partial charge in [-0.2, -0.15) is 0 Å². The maximum absolute atomic E-state index is 11.0. The number of carbonyl (C=O) groups excluding carboxylic acids is 1. The molecule has 1 amide bonds. The molecule has 0 heterocycles. The average molecular weight is 228 g/mol. The fourth-order valence-electron chi connectivity index (χ4n) is 0.893. The highest BCUT2D eigenvalue weighted by Gasteiger charge is 2.28. The summed E-state index contributed by atoms with van der Waals surface area (Å²) in [5, 5.41) is 0. The number of carbonyl (C=O) groups is 1. The summed E-state index contributed by atoms with van der Waals surface area (Å²) in [6.07, 6.45) is 0. The predicted molar refractivity (Wildman–Crippen MR) is 51.9 cm³/mol. The van der Waals surface area contributed by atoms with Crippen LogP contribution in [0, 0.1) is 0 Å². The quantitative estimate of drug-likeness (QED) is 0.770. The number of benzene rings is 1. The molecule has 12 heavy (non-hydrogen) atoms. The number of hydrogen-bond donors (Lipinski definition) is 1. The molecule has 2 N–H and O–H groups in total. The third-order valence-corrected chi connectivity index (χ3v) is 2.63. The van der Waals surface area contributed by atoms with Crippen LogP contribution in [-0.2, 0) is 9.12 Å². The van der Waals surface area contributed by atoms with Crippen LogP contribution in [0.2, 0.25) is 0 Å². The number of rotatable bonds is 2. The number of halogens is 1. The van der Waals surface area contributed by atoms with E-state index in [0.717, 1.165) is 5.56 Å². The summed E-state index contributed by atoms with van der Waals surface area (Å²) in [7, 11) is 0. The summed E-state index contributed by atoms with van der Waals surface area (Å²) in [6.45, 7) is 1.74.